The third-order valence-electron chi connectivity index (χ3n) is 2.67. The largest absolute Gasteiger partial charge is 0.382 e. The van der Waals surface area contributed by atoms with Crippen LogP contribution in [-0.2, 0) is 6.54 Å². The van der Waals surface area contributed by atoms with Gasteiger partial charge in [-0.15, -0.1) is 0 Å². The lowest BCUT2D eigenvalue weighted by atomic mass is 10.2. The molecule has 1 heterocycles. The van der Waals surface area contributed by atoms with Crippen molar-refractivity contribution in [1.29, 1.82) is 0 Å². The van der Waals surface area contributed by atoms with E-state index in [9.17, 15) is 4.79 Å². The molecule has 2 rings (SSSR count). The van der Waals surface area contributed by atoms with Gasteiger partial charge in [0.1, 0.15) is 0 Å². The van der Waals surface area contributed by atoms with E-state index in [0.29, 0.717) is 28.8 Å². The van der Waals surface area contributed by atoms with Crippen LogP contribution in [0.25, 0.3) is 0 Å². The van der Waals surface area contributed by atoms with Crippen LogP contribution in [-0.4, -0.2) is 22.9 Å². The predicted octanol–water partition coefficient (Wildman–Crippen LogP) is 1.97. The fourth-order valence-corrected chi connectivity index (χ4v) is 2.06. The summed E-state index contributed by atoms with van der Waals surface area (Å²) in [5.41, 5.74) is 6.56. The molecule has 0 saturated heterocycles. The molecule has 20 heavy (non-hydrogen) atoms. The predicted molar refractivity (Wildman–Crippen MR) is 81.6 cm³/mol. The topological polar surface area (TPSA) is 72.9 Å². The zero-order valence-corrected chi connectivity index (χ0v) is 12.2. The van der Waals surface area contributed by atoms with Gasteiger partial charge in [-0.1, -0.05) is 23.2 Å². The van der Waals surface area contributed by atoms with Gasteiger partial charge in [-0.3, -0.25) is 4.79 Å². The molecule has 0 saturated carbocycles. The molecule has 0 unspecified atom stereocenters. The lowest BCUT2D eigenvalue weighted by Gasteiger charge is -2.09. The minimum Gasteiger partial charge on any atom is -0.382 e. The summed E-state index contributed by atoms with van der Waals surface area (Å²) in [4.78, 5) is 12.0. The van der Waals surface area contributed by atoms with Gasteiger partial charge < -0.3 is 11.1 Å². The first-order valence-electron chi connectivity index (χ1n) is 6.05. The molecule has 0 aliphatic heterocycles. The molecule has 0 aliphatic rings. The number of anilines is 1. The van der Waals surface area contributed by atoms with E-state index in [-0.39, 0.29) is 12.1 Å². The van der Waals surface area contributed by atoms with Gasteiger partial charge in [-0.05, 0) is 23.8 Å². The first-order valence-corrected chi connectivity index (χ1v) is 6.81. The summed E-state index contributed by atoms with van der Waals surface area (Å²) in [5.74, 6) is 0. The summed E-state index contributed by atoms with van der Waals surface area (Å²) in [7, 11) is 0. The van der Waals surface area contributed by atoms with Gasteiger partial charge in [-0.25, -0.2) is 4.68 Å². The fourth-order valence-electron chi connectivity index (χ4n) is 1.69. The Morgan fingerprint density at radius 3 is 2.80 bits per heavy atom. The summed E-state index contributed by atoms with van der Waals surface area (Å²) in [5, 5.41) is 8.21. The molecule has 1 aromatic carbocycles. The Balaban J connectivity index is 2.21. The Morgan fingerprint density at radius 1 is 1.30 bits per heavy atom. The second kappa shape index (κ2) is 6.74. The molecule has 1 aromatic heterocycles. The Labute approximate surface area is 126 Å². The van der Waals surface area contributed by atoms with Gasteiger partial charge in [0.15, 0.2) is 0 Å². The SMILES string of the molecule is NCCNc1cnn(Cc2cc(Cl)ccc2Cl)c(=O)c1. The number of halogens is 2. The van der Waals surface area contributed by atoms with Crippen molar-refractivity contribution < 1.29 is 0 Å². The van der Waals surface area contributed by atoms with Gasteiger partial charge in [-0.2, -0.15) is 5.10 Å². The van der Waals surface area contributed by atoms with E-state index in [0.717, 1.165) is 5.56 Å². The first kappa shape index (κ1) is 14.8. The van der Waals surface area contributed by atoms with Crippen molar-refractivity contribution in [3.8, 4) is 0 Å². The van der Waals surface area contributed by atoms with Gasteiger partial charge in [0.05, 0.1) is 18.4 Å². The van der Waals surface area contributed by atoms with Crippen LogP contribution in [0.1, 0.15) is 5.56 Å². The minimum absolute atomic E-state index is 0.219. The summed E-state index contributed by atoms with van der Waals surface area (Å²) in [6.45, 7) is 1.35. The lowest BCUT2D eigenvalue weighted by Crippen LogP contribution is -2.24. The van der Waals surface area contributed by atoms with E-state index in [1.165, 1.54) is 10.7 Å². The number of nitrogens with one attached hydrogen (secondary N) is 1. The maximum atomic E-state index is 12.0. The molecule has 2 aromatic rings. The van der Waals surface area contributed by atoms with Crippen molar-refractivity contribution in [3.63, 3.8) is 0 Å². The van der Waals surface area contributed by atoms with E-state index in [1.807, 2.05) is 0 Å². The quantitative estimate of drug-likeness (QED) is 0.885. The molecule has 0 atom stereocenters. The van der Waals surface area contributed by atoms with Crippen LogP contribution in [0.2, 0.25) is 10.0 Å². The molecule has 5 nitrogen and oxygen atoms in total. The highest BCUT2D eigenvalue weighted by Gasteiger charge is 2.05. The van der Waals surface area contributed by atoms with Crippen LogP contribution < -0.4 is 16.6 Å². The van der Waals surface area contributed by atoms with E-state index < -0.39 is 0 Å². The van der Waals surface area contributed by atoms with E-state index in [4.69, 9.17) is 28.9 Å². The molecule has 0 radical (unpaired) electrons. The highest BCUT2D eigenvalue weighted by atomic mass is 35.5. The molecule has 0 fully saturated rings. The Morgan fingerprint density at radius 2 is 2.10 bits per heavy atom. The van der Waals surface area contributed by atoms with Crippen LogP contribution in [0.15, 0.2) is 35.3 Å². The Hall–Kier alpha value is -1.56. The second-order valence-corrected chi connectivity index (χ2v) is 5.03. The van der Waals surface area contributed by atoms with Crippen molar-refractivity contribution in [1.82, 2.24) is 9.78 Å². The van der Waals surface area contributed by atoms with Gasteiger partial charge in [0, 0.05) is 29.2 Å². The van der Waals surface area contributed by atoms with E-state index >= 15 is 0 Å². The van der Waals surface area contributed by atoms with Crippen LogP contribution in [0.5, 0.6) is 0 Å². The molecular weight excluding hydrogens is 299 g/mol. The average Bonchev–Trinajstić information content (AvgIpc) is 2.43. The van der Waals surface area contributed by atoms with Crippen LogP contribution in [0, 0.1) is 0 Å². The summed E-state index contributed by atoms with van der Waals surface area (Å²) in [6.07, 6.45) is 1.58. The maximum absolute atomic E-state index is 12.0. The fraction of sp³-hybridized carbons (Fsp3) is 0.231. The lowest BCUT2D eigenvalue weighted by molar-refractivity contribution is 0.639. The van der Waals surface area contributed by atoms with Crippen molar-refractivity contribution in [2.24, 2.45) is 5.73 Å². The van der Waals surface area contributed by atoms with Gasteiger partial charge in [0.2, 0.25) is 0 Å². The van der Waals surface area contributed by atoms with Crippen molar-refractivity contribution in [2.45, 2.75) is 6.54 Å². The molecule has 0 spiro atoms. The molecule has 0 amide bonds. The van der Waals surface area contributed by atoms with Crippen molar-refractivity contribution in [3.05, 3.63) is 56.4 Å². The second-order valence-electron chi connectivity index (χ2n) is 4.19. The van der Waals surface area contributed by atoms with Crippen LogP contribution in [0.3, 0.4) is 0 Å². The van der Waals surface area contributed by atoms with Crippen LogP contribution >= 0.6 is 23.2 Å². The zero-order chi connectivity index (χ0) is 14.5. The van der Waals surface area contributed by atoms with E-state index in [1.54, 1.807) is 24.4 Å². The summed E-state index contributed by atoms with van der Waals surface area (Å²) in [6, 6.07) is 6.59. The zero-order valence-electron chi connectivity index (χ0n) is 10.6. The number of hydrogen-bond donors (Lipinski definition) is 2. The highest BCUT2D eigenvalue weighted by molar-refractivity contribution is 6.33. The minimum atomic E-state index is -0.219. The molecule has 7 heteroatoms. The number of hydrogen-bond acceptors (Lipinski definition) is 4. The molecule has 3 N–H and O–H groups in total. The monoisotopic (exact) mass is 312 g/mol. The first-order chi connectivity index (χ1) is 9.60. The molecule has 0 aliphatic carbocycles. The molecule has 0 bridgehead atoms. The third-order valence-corrected chi connectivity index (χ3v) is 3.27. The highest BCUT2D eigenvalue weighted by Crippen LogP contribution is 2.20. The van der Waals surface area contributed by atoms with Crippen LogP contribution in [0.4, 0.5) is 5.69 Å². The van der Waals surface area contributed by atoms with Crippen molar-refractivity contribution >= 4 is 28.9 Å². The average molecular weight is 313 g/mol. The van der Waals surface area contributed by atoms with Gasteiger partial charge in [0.25, 0.3) is 5.56 Å². The summed E-state index contributed by atoms with van der Waals surface area (Å²) >= 11 is 12.0. The number of aromatic nitrogens is 2. The van der Waals surface area contributed by atoms with Crippen molar-refractivity contribution in [2.75, 3.05) is 18.4 Å². The normalized spacial score (nSPS) is 10.6. The standard InChI is InChI=1S/C13H14Cl2N4O/c14-10-1-2-12(15)9(5-10)8-19-13(20)6-11(7-18-19)17-4-3-16/h1-2,5-7,17H,3-4,8,16H2. The number of nitrogens with two attached hydrogens (primary N) is 1. The Kier molecular flexibility index (Phi) is 5.00. The molecule has 106 valence electrons. The van der Waals surface area contributed by atoms with Gasteiger partial charge >= 0.3 is 0 Å². The molecular formula is C13H14Cl2N4O. The maximum Gasteiger partial charge on any atom is 0.269 e. The Bertz CT molecular complexity index is 657. The number of benzene rings is 1. The van der Waals surface area contributed by atoms with E-state index in [2.05, 4.69) is 10.4 Å². The smallest absolute Gasteiger partial charge is 0.269 e. The number of nitrogens with zero attached hydrogens (tertiary/aromatic N) is 2. The summed E-state index contributed by atoms with van der Waals surface area (Å²) < 4.78 is 1.32. The third kappa shape index (κ3) is 3.72. The number of rotatable bonds is 5.